The first kappa shape index (κ1) is 16.7. The lowest BCUT2D eigenvalue weighted by Gasteiger charge is -2.18. The van der Waals surface area contributed by atoms with Crippen LogP contribution in [0.4, 0.5) is 0 Å². The molecule has 0 heterocycles. The Balaban J connectivity index is 2.24. The first-order valence-corrected chi connectivity index (χ1v) is 8.82. The summed E-state index contributed by atoms with van der Waals surface area (Å²) < 4.78 is 27.7. The van der Waals surface area contributed by atoms with Crippen molar-refractivity contribution < 1.29 is 13.5 Å². The van der Waals surface area contributed by atoms with Crippen LogP contribution in [-0.4, -0.2) is 20.1 Å². The molecule has 0 saturated heterocycles. The summed E-state index contributed by atoms with van der Waals surface area (Å²) in [5.41, 5.74) is 1.93. The maximum Gasteiger partial charge on any atom is 0.241 e. The molecule has 0 aliphatic heterocycles. The van der Waals surface area contributed by atoms with E-state index in [9.17, 15) is 13.5 Å². The number of aliphatic hydroxyl groups is 1. The van der Waals surface area contributed by atoms with Gasteiger partial charge in [-0.15, -0.1) is 0 Å². The maximum absolute atomic E-state index is 12.5. The minimum Gasteiger partial charge on any atom is -0.396 e. The van der Waals surface area contributed by atoms with Crippen LogP contribution in [-0.2, 0) is 16.4 Å². The summed E-state index contributed by atoms with van der Waals surface area (Å²) in [7, 11) is -3.62. The van der Waals surface area contributed by atoms with Crippen molar-refractivity contribution in [3.05, 3.63) is 65.7 Å². The van der Waals surface area contributed by atoms with E-state index in [1.807, 2.05) is 49.4 Å². The standard InChI is InChI=1S/C17H21NO3S/c1-2-14-8-10-16(11-9-14)22(20,21)18-17(12-13-19)15-6-4-3-5-7-15/h3-11,17-19H,2,12-13H2,1H3/t17-/m1/s1. The van der Waals surface area contributed by atoms with Crippen molar-refractivity contribution in [1.29, 1.82) is 0 Å². The molecule has 5 heteroatoms. The van der Waals surface area contributed by atoms with Gasteiger partial charge in [-0.05, 0) is 36.1 Å². The van der Waals surface area contributed by atoms with Gasteiger partial charge >= 0.3 is 0 Å². The largest absolute Gasteiger partial charge is 0.396 e. The van der Waals surface area contributed by atoms with Gasteiger partial charge in [0.2, 0.25) is 10.0 Å². The van der Waals surface area contributed by atoms with Crippen LogP contribution in [0, 0.1) is 0 Å². The Labute approximate surface area is 131 Å². The fourth-order valence-corrected chi connectivity index (χ4v) is 3.53. The van der Waals surface area contributed by atoms with E-state index in [4.69, 9.17) is 0 Å². The van der Waals surface area contributed by atoms with E-state index in [-0.39, 0.29) is 11.5 Å². The van der Waals surface area contributed by atoms with Crippen LogP contribution in [0.5, 0.6) is 0 Å². The van der Waals surface area contributed by atoms with Crippen molar-refractivity contribution in [1.82, 2.24) is 4.72 Å². The van der Waals surface area contributed by atoms with Crippen molar-refractivity contribution in [2.45, 2.75) is 30.7 Å². The molecule has 4 nitrogen and oxygen atoms in total. The van der Waals surface area contributed by atoms with Gasteiger partial charge in [-0.3, -0.25) is 0 Å². The molecule has 0 spiro atoms. The molecular weight excluding hydrogens is 298 g/mol. The summed E-state index contributed by atoms with van der Waals surface area (Å²) >= 11 is 0. The van der Waals surface area contributed by atoms with Gasteiger partial charge in [0.25, 0.3) is 0 Å². The molecule has 0 amide bonds. The molecule has 0 aliphatic rings. The number of benzene rings is 2. The zero-order valence-corrected chi connectivity index (χ0v) is 13.4. The van der Waals surface area contributed by atoms with E-state index in [1.54, 1.807) is 12.1 Å². The van der Waals surface area contributed by atoms with Crippen LogP contribution in [0.1, 0.15) is 30.5 Å². The summed E-state index contributed by atoms with van der Waals surface area (Å²) in [6.07, 6.45) is 1.20. The van der Waals surface area contributed by atoms with Gasteiger partial charge < -0.3 is 5.11 Å². The summed E-state index contributed by atoms with van der Waals surface area (Å²) in [4.78, 5) is 0.239. The first-order valence-electron chi connectivity index (χ1n) is 7.34. The molecule has 2 aromatic carbocycles. The molecule has 2 N–H and O–H groups in total. The maximum atomic E-state index is 12.5. The predicted molar refractivity (Wildman–Crippen MR) is 87.0 cm³/mol. The Morgan fingerprint density at radius 2 is 1.68 bits per heavy atom. The van der Waals surface area contributed by atoms with Crippen LogP contribution < -0.4 is 4.72 Å². The number of aliphatic hydroxyl groups excluding tert-OH is 1. The van der Waals surface area contributed by atoms with E-state index in [0.29, 0.717) is 6.42 Å². The minimum atomic E-state index is -3.62. The van der Waals surface area contributed by atoms with Crippen molar-refractivity contribution >= 4 is 10.0 Å². The molecule has 0 aliphatic carbocycles. The van der Waals surface area contributed by atoms with E-state index in [1.165, 1.54) is 0 Å². The Kier molecular flexibility index (Phi) is 5.71. The zero-order valence-electron chi connectivity index (χ0n) is 12.6. The van der Waals surface area contributed by atoms with Crippen LogP contribution in [0.2, 0.25) is 0 Å². The lowest BCUT2D eigenvalue weighted by molar-refractivity contribution is 0.272. The van der Waals surface area contributed by atoms with E-state index >= 15 is 0 Å². The number of nitrogens with one attached hydrogen (secondary N) is 1. The van der Waals surface area contributed by atoms with Crippen molar-refractivity contribution in [3.63, 3.8) is 0 Å². The zero-order chi connectivity index (χ0) is 16.0. The number of hydrogen-bond donors (Lipinski definition) is 2. The molecule has 0 radical (unpaired) electrons. The highest BCUT2D eigenvalue weighted by Crippen LogP contribution is 2.20. The third-order valence-electron chi connectivity index (χ3n) is 3.56. The number of sulfonamides is 1. The highest BCUT2D eigenvalue weighted by molar-refractivity contribution is 7.89. The van der Waals surface area contributed by atoms with E-state index < -0.39 is 16.1 Å². The molecule has 0 unspecified atom stereocenters. The van der Waals surface area contributed by atoms with Gasteiger partial charge in [0.05, 0.1) is 4.90 Å². The molecule has 0 bridgehead atoms. The van der Waals surface area contributed by atoms with Crippen LogP contribution in [0.25, 0.3) is 0 Å². The first-order chi connectivity index (χ1) is 10.6. The molecule has 1 atom stereocenters. The topological polar surface area (TPSA) is 66.4 Å². The van der Waals surface area contributed by atoms with Gasteiger partial charge in [0.15, 0.2) is 0 Å². The minimum absolute atomic E-state index is 0.0865. The Bertz CT molecular complexity index is 682. The summed E-state index contributed by atoms with van der Waals surface area (Å²) in [5, 5.41) is 9.20. The molecule has 2 aromatic rings. The SMILES string of the molecule is CCc1ccc(S(=O)(=O)N[C@H](CCO)c2ccccc2)cc1. The lowest BCUT2D eigenvalue weighted by atomic mass is 10.1. The normalized spacial score (nSPS) is 13.0. The Morgan fingerprint density at radius 1 is 1.05 bits per heavy atom. The van der Waals surface area contributed by atoms with E-state index in [0.717, 1.165) is 17.5 Å². The number of rotatable bonds is 7. The predicted octanol–water partition coefficient (Wildman–Crippen LogP) is 2.65. The molecule has 2 rings (SSSR count). The molecule has 118 valence electrons. The second-order valence-corrected chi connectivity index (χ2v) is 6.81. The average molecular weight is 319 g/mol. The molecule has 0 aromatic heterocycles. The summed E-state index contributed by atoms with van der Waals surface area (Å²) in [5.74, 6) is 0. The van der Waals surface area contributed by atoms with Crippen LogP contribution >= 0.6 is 0 Å². The highest BCUT2D eigenvalue weighted by atomic mass is 32.2. The van der Waals surface area contributed by atoms with Crippen molar-refractivity contribution in [3.8, 4) is 0 Å². The third kappa shape index (κ3) is 4.16. The second kappa shape index (κ2) is 7.54. The van der Waals surface area contributed by atoms with E-state index in [2.05, 4.69) is 4.72 Å². The smallest absolute Gasteiger partial charge is 0.241 e. The van der Waals surface area contributed by atoms with Crippen LogP contribution in [0.15, 0.2) is 59.5 Å². The van der Waals surface area contributed by atoms with Crippen molar-refractivity contribution in [2.75, 3.05) is 6.61 Å². The van der Waals surface area contributed by atoms with Gasteiger partial charge in [-0.2, -0.15) is 0 Å². The third-order valence-corrected chi connectivity index (χ3v) is 5.05. The fourth-order valence-electron chi connectivity index (χ4n) is 2.27. The van der Waals surface area contributed by atoms with Crippen molar-refractivity contribution in [2.24, 2.45) is 0 Å². The number of aryl methyl sites for hydroxylation is 1. The highest BCUT2D eigenvalue weighted by Gasteiger charge is 2.20. The van der Waals surface area contributed by atoms with Gasteiger partial charge in [0, 0.05) is 12.6 Å². The quantitative estimate of drug-likeness (QED) is 0.824. The van der Waals surface area contributed by atoms with Crippen LogP contribution in [0.3, 0.4) is 0 Å². The van der Waals surface area contributed by atoms with Gasteiger partial charge in [-0.1, -0.05) is 49.4 Å². The number of hydrogen-bond acceptors (Lipinski definition) is 3. The Hall–Kier alpha value is -1.69. The molecule has 0 fully saturated rings. The Morgan fingerprint density at radius 3 is 2.23 bits per heavy atom. The fraction of sp³-hybridized carbons (Fsp3) is 0.294. The lowest BCUT2D eigenvalue weighted by Crippen LogP contribution is -2.29. The van der Waals surface area contributed by atoms with Gasteiger partial charge in [-0.25, -0.2) is 13.1 Å². The molecule has 0 saturated carbocycles. The second-order valence-electron chi connectivity index (χ2n) is 5.09. The van der Waals surface area contributed by atoms with Gasteiger partial charge in [0.1, 0.15) is 0 Å². The molecule has 22 heavy (non-hydrogen) atoms. The molecular formula is C17H21NO3S. The monoisotopic (exact) mass is 319 g/mol. The average Bonchev–Trinajstić information content (AvgIpc) is 2.55. The summed E-state index contributed by atoms with van der Waals surface area (Å²) in [6, 6.07) is 15.7. The summed E-state index contributed by atoms with van der Waals surface area (Å²) in [6.45, 7) is 1.94.